The van der Waals surface area contributed by atoms with Crippen molar-refractivity contribution in [3.05, 3.63) is 65.7 Å². The molecule has 0 aliphatic carbocycles. The summed E-state index contributed by atoms with van der Waals surface area (Å²) in [5.74, 6) is 0.822. The van der Waals surface area contributed by atoms with Crippen molar-refractivity contribution in [2.24, 2.45) is 0 Å². The highest BCUT2D eigenvalue weighted by molar-refractivity contribution is 5.98. The SMILES string of the molecule is C[C@@H]1C(=O)N2CCC[C@H]2CN1C(=O)c1ccc(COc2ccccc2)cc1. The van der Waals surface area contributed by atoms with Crippen molar-refractivity contribution in [1.29, 1.82) is 0 Å². The van der Waals surface area contributed by atoms with Gasteiger partial charge in [-0.15, -0.1) is 0 Å². The number of carbonyl (C=O) groups excluding carboxylic acids is 2. The second-order valence-electron chi connectivity index (χ2n) is 7.26. The highest BCUT2D eigenvalue weighted by Gasteiger charge is 2.42. The van der Waals surface area contributed by atoms with Crippen molar-refractivity contribution in [3.8, 4) is 5.75 Å². The smallest absolute Gasteiger partial charge is 0.254 e. The first kappa shape index (κ1) is 17.6. The van der Waals surface area contributed by atoms with Crippen molar-refractivity contribution >= 4 is 11.8 Å². The molecule has 0 unspecified atom stereocenters. The Kier molecular flexibility index (Phi) is 4.84. The minimum atomic E-state index is -0.395. The third kappa shape index (κ3) is 3.54. The molecule has 2 aliphatic heterocycles. The molecule has 2 saturated heterocycles. The number of fused-ring (bicyclic) bond motifs is 1. The molecule has 0 saturated carbocycles. The average molecular weight is 364 g/mol. The zero-order valence-electron chi connectivity index (χ0n) is 15.5. The molecule has 0 bridgehead atoms. The van der Waals surface area contributed by atoms with Gasteiger partial charge in [0.25, 0.3) is 5.91 Å². The van der Waals surface area contributed by atoms with Gasteiger partial charge in [0.05, 0.1) is 0 Å². The fourth-order valence-corrected chi connectivity index (χ4v) is 3.93. The Bertz CT molecular complexity index is 819. The predicted octanol–water partition coefficient (Wildman–Crippen LogP) is 3.10. The number of para-hydroxylation sites is 1. The minimum absolute atomic E-state index is 0.0714. The van der Waals surface area contributed by atoms with E-state index in [2.05, 4.69) is 0 Å². The van der Waals surface area contributed by atoms with Crippen LogP contribution in [0.3, 0.4) is 0 Å². The lowest BCUT2D eigenvalue weighted by Crippen LogP contribution is -2.60. The molecule has 2 heterocycles. The van der Waals surface area contributed by atoms with E-state index in [0.29, 0.717) is 18.7 Å². The van der Waals surface area contributed by atoms with Gasteiger partial charge in [-0.05, 0) is 49.6 Å². The lowest BCUT2D eigenvalue weighted by molar-refractivity contribution is -0.141. The number of piperazine rings is 1. The molecule has 5 heteroatoms. The van der Waals surface area contributed by atoms with Gasteiger partial charge in [0.2, 0.25) is 5.91 Å². The van der Waals surface area contributed by atoms with Crippen LogP contribution in [0, 0.1) is 0 Å². The maximum Gasteiger partial charge on any atom is 0.254 e. The molecule has 0 N–H and O–H groups in total. The van der Waals surface area contributed by atoms with Crippen LogP contribution in [-0.2, 0) is 11.4 Å². The summed E-state index contributed by atoms with van der Waals surface area (Å²) in [7, 11) is 0. The van der Waals surface area contributed by atoms with Crippen molar-refractivity contribution < 1.29 is 14.3 Å². The van der Waals surface area contributed by atoms with E-state index in [4.69, 9.17) is 4.74 Å². The van der Waals surface area contributed by atoms with Gasteiger partial charge < -0.3 is 14.5 Å². The monoisotopic (exact) mass is 364 g/mol. The third-order valence-electron chi connectivity index (χ3n) is 5.50. The maximum absolute atomic E-state index is 13.0. The van der Waals surface area contributed by atoms with E-state index in [0.717, 1.165) is 30.7 Å². The van der Waals surface area contributed by atoms with E-state index in [9.17, 15) is 9.59 Å². The first-order valence-electron chi connectivity index (χ1n) is 9.52. The zero-order valence-corrected chi connectivity index (χ0v) is 15.5. The molecule has 2 fully saturated rings. The van der Waals surface area contributed by atoms with Gasteiger partial charge in [-0.25, -0.2) is 0 Å². The fraction of sp³-hybridized carbons (Fsp3) is 0.364. The van der Waals surface area contributed by atoms with Crippen LogP contribution >= 0.6 is 0 Å². The minimum Gasteiger partial charge on any atom is -0.489 e. The highest BCUT2D eigenvalue weighted by atomic mass is 16.5. The van der Waals surface area contributed by atoms with Gasteiger partial charge in [0.1, 0.15) is 18.4 Å². The summed E-state index contributed by atoms with van der Waals surface area (Å²) in [6.45, 7) is 3.74. The molecule has 4 rings (SSSR count). The molecule has 5 nitrogen and oxygen atoms in total. The van der Waals surface area contributed by atoms with Crippen molar-refractivity contribution in [1.82, 2.24) is 9.80 Å². The molecule has 2 aromatic rings. The summed E-state index contributed by atoms with van der Waals surface area (Å²) in [5.41, 5.74) is 1.62. The Morgan fingerprint density at radius 1 is 1.11 bits per heavy atom. The molecule has 0 radical (unpaired) electrons. The molecule has 0 spiro atoms. The number of hydrogen-bond acceptors (Lipinski definition) is 3. The summed E-state index contributed by atoms with van der Waals surface area (Å²) in [4.78, 5) is 29.2. The zero-order chi connectivity index (χ0) is 18.8. The van der Waals surface area contributed by atoms with Gasteiger partial charge in [-0.1, -0.05) is 30.3 Å². The van der Waals surface area contributed by atoms with E-state index in [1.165, 1.54) is 0 Å². The van der Waals surface area contributed by atoms with Gasteiger partial charge in [0.15, 0.2) is 0 Å². The number of ether oxygens (including phenoxy) is 1. The van der Waals surface area contributed by atoms with E-state index in [1.807, 2.05) is 66.4 Å². The number of carbonyl (C=O) groups is 2. The van der Waals surface area contributed by atoms with Crippen molar-refractivity contribution in [2.75, 3.05) is 13.1 Å². The number of nitrogens with zero attached hydrogens (tertiary/aromatic N) is 2. The van der Waals surface area contributed by atoms with Gasteiger partial charge in [-0.3, -0.25) is 9.59 Å². The number of hydrogen-bond donors (Lipinski definition) is 0. The van der Waals surface area contributed by atoms with Crippen molar-refractivity contribution in [3.63, 3.8) is 0 Å². The van der Waals surface area contributed by atoms with E-state index in [-0.39, 0.29) is 17.9 Å². The summed E-state index contributed by atoms with van der Waals surface area (Å²) in [6.07, 6.45) is 2.01. The standard InChI is InChI=1S/C22H24N2O3/c1-16-21(25)23-13-5-6-19(23)14-24(16)22(26)18-11-9-17(10-12-18)15-27-20-7-3-2-4-8-20/h2-4,7-12,16,19H,5-6,13-15H2,1H3/t16-,19+/m1/s1. The van der Waals surface area contributed by atoms with E-state index < -0.39 is 6.04 Å². The first-order chi connectivity index (χ1) is 13.1. The Hall–Kier alpha value is -2.82. The van der Waals surface area contributed by atoms with Crippen LogP contribution in [0.1, 0.15) is 35.7 Å². The molecule has 2 aliphatic rings. The lowest BCUT2D eigenvalue weighted by atomic mass is 10.0. The predicted molar refractivity (Wildman–Crippen MR) is 102 cm³/mol. The van der Waals surface area contributed by atoms with Crippen LogP contribution in [0.5, 0.6) is 5.75 Å². The van der Waals surface area contributed by atoms with Crippen LogP contribution in [0.15, 0.2) is 54.6 Å². The molecular formula is C22H24N2O3. The summed E-state index contributed by atoms with van der Waals surface area (Å²) in [5, 5.41) is 0. The highest BCUT2D eigenvalue weighted by Crippen LogP contribution is 2.27. The van der Waals surface area contributed by atoms with E-state index in [1.54, 1.807) is 4.90 Å². The molecule has 2 aromatic carbocycles. The Labute approximate surface area is 159 Å². The van der Waals surface area contributed by atoms with Gasteiger partial charge in [-0.2, -0.15) is 0 Å². The van der Waals surface area contributed by atoms with Crippen molar-refractivity contribution in [2.45, 2.75) is 38.5 Å². The van der Waals surface area contributed by atoms with Gasteiger partial charge >= 0.3 is 0 Å². The maximum atomic E-state index is 13.0. The third-order valence-corrected chi connectivity index (χ3v) is 5.50. The molecule has 2 atom stereocenters. The molecule has 140 valence electrons. The molecule has 2 amide bonds. The second kappa shape index (κ2) is 7.43. The van der Waals surface area contributed by atoms with Gasteiger partial charge in [0, 0.05) is 24.7 Å². The molecular weight excluding hydrogens is 340 g/mol. The summed E-state index contributed by atoms with van der Waals surface area (Å²) < 4.78 is 5.74. The Balaban J connectivity index is 1.42. The summed E-state index contributed by atoms with van der Waals surface area (Å²) in [6, 6.07) is 16.9. The normalized spacial score (nSPS) is 21.9. The average Bonchev–Trinajstić information content (AvgIpc) is 3.19. The Morgan fingerprint density at radius 2 is 1.85 bits per heavy atom. The first-order valence-corrected chi connectivity index (χ1v) is 9.52. The quantitative estimate of drug-likeness (QED) is 0.838. The van der Waals surface area contributed by atoms with Crippen LogP contribution < -0.4 is 4.74 Å². The number of benzene rings is 2. The largest absolute Gasteiger partial charge is 0.489 e. The van der Waals surface area contributed by atoms with E-state index >= 15 is 0 Å². The second-order valence-corrected chi connectivity index (χ2v) is 7.26. The Morgan fingerprint density at radius 3 is 2.59 bits per heavy atom. The van der Waals surface area contributed by atoms with Crippen LogP contribution in [0.4, 0.5) is 0 Å². The summed E-state index contributed by atoms with van der Waals surface area (Å²) >= 11 is 0. The molecule has 0 aromatic heterocycles. The van der Waals surface area contributed by atoms with Crippen LogP contribution in [0.2, 0.25) is 0 Å². The van der Waals surface area contributed by atoms with Crippen LogP contribution in [0.25, 0.3) is 0 Å². The number of rotatable bonds is 4. The fourth-order valence-electron chi connectivity index (χ4n) is 3.93. The topological polar surface area (TPSA) is 49.9 Å². The number of amides is 2. The molecule has 27 heavy (non-hydrogen) atoms. The lowest BCUT2D eigenvalue weighted by Gasteiger charge is -2.41. The van der Waals surface area contributed by atoms with Crippen LogP contribution in [-0.4, -0.2) is 46.8 Å².